The lowest BCUT2D eigenvalue weighted by atomic mass is 10.1. The fourth-order valence-electron chi connectivity index (χ4n) is 1.54. The average Bonchev–Trinajstić information content (AvgIpc) is 2.21. The maximum absolute atomic E-state index is 11.0. The van der Waals surface area contributed by atoms with Crippen LogP contribution in [0.5, 0.6) is 0 Å². The van der Waals surface area contributed by atoms with Gasteiger partial charge in [-0.25, -0.2) is 8.42 Å². The minimum Gasteiger partial charge on any atom is -0.379 e. The average molecular weight is 287 g/mol. The number of hydrogen-bond acceptors (Lipinski definition) is 4. The van der Waals surface area contributed by atoms with Gasteiger partial charge in [0, 0.05) is 17.3 Å². The Kier molecular flexibility index (Phi) is 9.22. The molecule has 0 rings (SSSR count). The predicted molar refractivity (Wildman–Crippen MR) is 69.9 cm³/mol. The molecule has 6 heteroatoms. The Balaban J connectivity index is 3.99. The second-order valence-corrected chi connectivity index (χ2v) is 6.99. The van der Waals surface area contributed by atoms with Gasteiger partial charge in [0.15, 0.2) is 0 Å². The second-order valence-electron chi connectivity index (χ2n) is 4.16. The fourth-order valence-corrected chi connectivity index (χ4v) is 2.90. The zero-order chi connectivity index (χ0) is 13.3. The lowest BCUT2D eigenvalue weighted by molar-refractivity contribution is -0.0155. The molecule has 0 aromatic heterocycles. The summed E-state index contributed by atoms with van der Waals surface area (Å²) >= 11 is 0. The molecule has 2 atom stereocenters. The minimum atomic E-state index is -3.45. The minimum absolute atomic E-state index is 0.0210. The summed E-state index contributed by atoms with van der Waals surface area (Å²) in [7, 11) is 1.81. The highest BCUT2D eigenvalue weighted by molar-refractivity contribution is 8.13. The van der Waals surface area contributed by atoms with Crippen LogP contribution in [0.15, 0.2) is 0 Å². The molecule has 17 heavy (non-hydrogen) atoms. The summed E-state index contributed by atoms with van der Waals surface area (Å²) in [6.07, 6.45) is 1.69. The van der Waals surface area contributed by atoms with E-state index in [4.69, 9.17) is 20.2 Å². The van der Waals surface area contributed by atoms with Gasteiger partial charge in [0.25, 0.3) is 0 Å². The van der Waals surface area contributed by atoms with Crippen molar-refractivity contribution in [3.05, 3.63) is 0 Å². The molecular formula is C11H23ClO4S. The van der Waals surface area contributed by atoms with Crippen molar-refractivity contribution in [2.45, 2.75) is 39.7 Å². The summed E-state index contributed by atoms with van der Waals surface area (Å²) < 4.78 is 32.8. The standard InChI is InChI=1S/C11H23ClO4S/c1-4-6-11(9-17(12,13)14)8-16-10(3)7-15-5-2/h10-11H,4-9H2,1-3H3. The molecule has 4 nitrogen and oxygen atoms in total. The van der Waals surface area contributed by atoms with E-state index in [9.17, 15) is 8.42 Å². The molecule has 0 aliphatic rings. The molecule has 0 aromatic carbocycles. The van der Waals surface area contributed by atoms with Gasteiger partial charge in [-0.15, -0.1) is 0 Å². The first-order valence-electron chi connectivity index (χ1n) is 6.00. The van der Waals surface area contributed by atoms with Gasteiger partial charge in [0.1, 0.15) is 0 Å². The molecule has 0 bridgehead atoms. The van der Waals surface area contributed by atoms with Crippen LogP contribution in [-0.2, 0) is 18.5 Å². The van der Waals surface area contributed by atoms with Crippen molar-refractivity contribution in [3.63, 3.8) is 0 Å². The summed E-state index contributed by atoms with van der Waals surface area (Å²) in [4.78, 5) is 0. The molecule has 0 fully saturated rings. The molecule has 0 aliphatic heterocycles. The molecule has 2 unspecified atom stereocenters. The van der Waals surface area contributed by atoms with E-state index in [1.165, 1.54) is 0 Å². The summed E-state index contributed by atoms with van der Waals surface area (Å²) in [6.45, 7) is 7.44. The summed E-state index contributed by atoms with van der Waals surface area (Å²) in [5.41, 5.74) is 0. The first kappa shape index (κ1) is 17.2. The maximum atomic E-state index is 11.0. The quantitative estimate of drug-likeness (QED) is 0.579. The van der Waals surface area contributed by atoms with E-state index in [-0.39, 0.29) is 17.8 Å². The summed E-state index contributed by atoms with van der Waals surface area (Å²) in [5.74, 6) is -0.0596. The SMILES string of the molecule is CCCC(COC(C)COCC)CS(=O)(=O)Cl. The Hall–Kier alpha value is 0.160. The van der Waals surface area contributed by atoms with Gasteiger partial charge >= 0.3 is 0 Å². The van der Waals surface area contributed by atoms with Crippen molar-refractivity contribution in [2.24, 2.45) is 5.92 Å². The number of ether oxygens (including phenoxy) is 2. The first-order valence-corrected chi connectivity index (χ1v) is 8.48. The molecule has 0 aliphatic carbocycles. The molecule has 0 spiro atoms. The zero-order valence-electron chi connectivity index (χ0n) is 10.8. The van der Waals surface area contributed by atoms with Crippen LogP contribution in [0.1, 0.15) is 33.6 Å². The van der Waals surface area contributed by atoms with Crippen LogP contribution < -0.4 is 0 Å². The largest absolute Gasteiger partial charge is 0.379 e. The normalized spacial score (nSPS) is 15.8. The Morgan fingerprint density at radius 1 is 1.24 bits per heavy atom. The van der Waals surface area contributed by atoms with Gasteiger partial charge in [-0.1, -0.05) is 13.3 Å². The number of rotatable bonds is 10. The monoisotopic (exact) mass is 286 g/mol. The Labute approximate surface area is 109 Å². The molecule has 104 valence electrons. The third kappa shape index (κ3) is 11.0. The van der Waals surface area contributed by atoms with Crippen molar-refractivity contribution >= 4 is 19.7 Å². The van der Waals surface area contributed by atoms with E-state index in [1.54, 1.807) is 0 Å². The first-order chi connectivity index (χ1) is 7.89. The maximum Gasteiger partial charge on any atom is 0.232 e. The van der Waals surface area contributed by atoms with Gasteiger partial charge < -0.3 is 9.47 Å². The Bertz CT molecular complexity index is 279. The van der Waals surface area contributed by atoms with E-state index >= 15 is 0 Å². The van der Waals surface area contributed by atoms with Gasteiger partial charge in [-0.3, -0.25) is 0 Å². The van der Waals surface area contributed by atoms with E-state index in [0.717, 1.165) is 12.8 Å². The summed E-state index contributed by atoms with van der Waals surface area (Å²) in [5, 5.41) is 0. The topological polar surface area (TPSA) is 52.6 Å². The smallest absolute Gasteiger partial charge is 0.232 e. The van der Waals surface area contributed by atoms with Crippen LogP contribution in [0.2, 0.25) is 0 Å². The van der Waals surface area contributed by atoms with Gasteiger partial charge in [-0.2, -0.15) is 0 Å². The van der Waals surface area contributed by atoms with Crippen molar-refractivity contribution in [1.82, 2.24) is 0 Å². The second kappa shape index (κ2) is 9.14. The Morgan fingerprint density at radius 3 is 2.35 bits per heavy atom. The van der Waals surface area contributed by atoms with Crippen LogP contribution in [-0.4, -0.2) is 40.1 Å². The van der Waals surface area contributed by atoms with Crippen LogP contribution in [0, 0.1) is 5.92 Å². The van der Waals surface area contributed by atoms with Crippen LogP contribution in [0.3, 0.4) is 0 Å². The summed E-state index contributed by atoms with van der Waals surface area (Å²) in [6, 6.07) is 0. The van der Waals surface area contributed by atoms with Crippen molar-refractivity contribution in [1.29, 1.82) is 0 Å². The van der Waals surface area contributed by atoms with Gasteiger partial charge in [0.2, 0.25) is 9.05 Å². The van der Waals surface area contributed by atoms with E-state index < -0.39 is 9.05 Å². The van der Waals surface area contributed by atoms with Gasteiger partial charge in [-0.05, 0) is 26.2 Å². The number of halogens is 1. The van der Waals surface area contributed by atoms with Crippen LogP contribution in [0.25, 0.3) is 0 Å². The number of hydrogen-bond donors (Lipinski definition) is 0. The highest BCUT2D eigenvalue weighted by atomic mass is 35.7. The molecule has 0 saturated heterocycles. The van der Waals surface area contributed by atoms with Crippen molar-refractivity contribution in [3.8, 4) is 0 Å². The third-order valence-electron chi connectivity index (χ3n) is 2.30. The van der Waals surface area contributed by atoms with Gasteiger partial charge in [0.05, 0.1) is 25.1 Å². The lowest BCUT2D eigenvalue weighted by Gasteiger charge is -2.18. The van der Waals surface area contributed by atoms with E-state index in [1.807, 2.05) is 20.8 Å². The van der Waals surface area contributed by atoms with E-state index in [2.05, 4.69) is 0 Å². The Morgan fingerprint density at radius 2 is 1.88 bits per heavy atom. The lowest BCUT2D eigenvalue weighted by Crippen LogP contribution is -2.23. The fraction of sp³-hybridized carbons (Fsp3) is 1.00. The highest BCUT2D eigenvalue weighted by Crippen LogP contribution is 2.13. The molecule has 0 amide bonds. The van der Waals surface area contributed by atoms with Crippen molar-refractivity contribution < 1.29 is 17.9 Å². The molecule has 0 aromatic rings. The highest BCUT2D eigenvalue weighted by Gasteiger charge is 2.17. The molecule has 0 saturated carbocycles. The van der Waals surface area contributed by atoms with Crippen molar-refractivity contribution in [2.75, 3.05) is 25.6 Å². The predicted octanol–water partition coefficient (Wildman–Crippen LogP) is 2.41. The molecule has 0 N–H and O–H groups in total. The van der Waals surface area contributed by atoms with Crippen LogP contribution in [0.4, 0.5) is 0 Å². The zero-order valence-corrected chi connectivity index (χ0v) is 12.4. The molecule has 0 heterocycles. The van der Waals surface area contributed by atoms with Crippen LogP contribution >= 0.6 is 10.7 Å². The van der Waals surface area contributed by atoms with E-state index in [0.29, 0.717) is 19.8 Å². The molecule has 0 radical (unpaired) electrons. The molecular weight excluding hydrogens is 264 g/mol. The third-order valence-corrected chi connectivity index (χ3v) is 3.55.